The Kier molecular flexibility index (Phi) is 2.95. The molecule has 1 aliphatic rings. The Morgan fingerprint density at radius 3 is 2.81 bits per heavy atom. The van der Waals surface area contributed by atoms with E-state index in [9.17, 15) is 8.78 Å². The Labute approximate surface area is 93.7 Å². The van der Waals surface area contributed by atoms with Crippen molar-refractivity contribution in [3.63, 3.8) is 0 Å². The van der Waals surface area contributed by atoms with Gasteiger partial charge in [-0.2, -0.15) is 4.39 Å². The maximum absolute atomic E-state index is 13.7. The Balaban J connectivity index is 2.61. The van der Waals surface area contributed by atoms with E-state index >= 15 is 0 Å². The standard InChI is InChI=1S/C13H14F2O/c1-3-8(2)10-7-9-5-4-6-16-13(9)12(15)11(10)14/h3,7H,4-6H2,1-2H3. The van der Waals surface area contributed by atoms with Crippen LogP contribution in [0, 0.1) is 11.6 Å². The summed E-state index contributed by atoms with van der Waals surface area (Å²) in [4.78, 5) is 0. The minimum Gasteiger partial charge on any atom is -0.490 e. The summed E-state index contributed by atoms with van der Waals surface area (Å²) >= 11 is 0. The van der Waals surface area contributed by atoms with Gasteiger partial charge in [-0.3, -0.25) is 0 Å². The Hall–Kier alpha value is -1.38. The Morgan fingerprint density at radius 2 is 2.12 bits per heavy atom. The van der Waals surface area contributed by atoms with Gasteiger partial charge in [0, 0.05) is 5.56 Å². The third-order valence-electron chi connectivity index (χ3n) is 2.93. The molecule has 0 aromatic heterocycles. The van der Waals surface area contributed by atoms with E-state index in [1.54, 1.807) is 19.1 Å². The topological polar surface area (TPSA) is 9.23 Å². The second kappa shape index (κ2) is 4.24. The molecule has 1 heterocycles. The lowest BCUT2D eigenvalue weighted by Gasteiger charge is -2.19. The fourth-order valence-electron chi connectivity index (χ4n) is 1.88. The SMILES string of the molecule is CC=C(C)c1cc2c(c(F)c1F)OCCC2. The van der Waals surface area contributed by atoms with Crippen molar-refractivity contribution < 1.29 is 13.5 Å². The van der Waals surface area contributed by atoms with Gasteiger partial charge in [0.1, 0.15) is 0 Å². The Bertz CT molecular complexity index is 450. The molecule has 0 saturated heterocycles. The fraction of sp³-hybridized carbons (Fsp3) is 0.385. The van der Waals surface area contributed by atoms with Gasteiger partial charge in [0.2, 0.25) is 5.82 Å². The van der Waals surface area contributed by atoms with Gasteiger partial charge in [0.05, 0.1) is 6.61 Å². The molecular formula is C13H14F2O. The van der Waals surface area contributed by atoms with Crippen LogP contribution in [0.25, 0.3) is 5.57 Å². The van der Waals surface area contributed by atoms with E-state index in [2.05, 4.69) is 0 Å². The van der Waals surface area contributed by atoms with E-state index in [1.807, 2.05) is 6.92 Å². The van der Waals surface area contributed by atoms with Crippen molar-refractivity contribution in [1.82, 2.24) is 0 Å². The Morgan fingerprint density at radius 1 is 1.38 bits per heavy atom. The van der Waals surface area contributed by atoms with Crippen molar-refractivity contribution in [3.05, 3.63) is 34.9 Å². The van der Waals surface area contributed by atoms with Crippen molar-refractivity contribution in [2.75, 3.05) is 6.61 Å². The van der Waals surface area contributed by atoms with Crippen LogP contribution in [0.15, 0.2) is 12.1 Å². The molecule has 2 rings (SSSR count). The molecule has 1 aromatic carbocycles. The first-order valence-corrected chi connectivity index (χ1v) is 5.42. The molecule has 0 aliphatic carbocycles. The summed E-state index contributed by atoms with van der Waals surface area (Å²) < 4.78 is 32.6. The van der Waals surface area contributed by atoms with Crippen molar-refractivity contribution >= 4 is 5.57 Å². The molecule has 0 saturated carbocycles. The first-order valence-electron chi connectivity index (χ1n) is 5.42. The van der Waals surface area contributed by atoms with Gasteiger partial charge < -0.3 is 4.74 Å². The molecule has 0 fully saturated rings. The molecule has 0 atom stereocenters. The number of allylic oxidation sites excluding steroid dienone is 2. The van der Waals surface area contributed by atoms with Gasteiger partial charge in [-0.1, -0.05) is 6.08 Å². The smallest absolute Gasteiger partial charge is 0.201 e. The average molecular weight is 224 g/mol. The van der Waals surface area contributed by atoms with Crippen LogP contribution >= 0.6 is 0 Å². The monoisotopic (exact) mass is 224 g/mol. The number of benzene rings is 1. The van der Waals surface area contributed by atoms with Gasteiger partial charge in [0.25, 0.3) is 0 Å². The van der Waals surface area contributed by atoms with Crippen molar-refractivity contribution in [2.24, 2.45) is 0 Å². The van der Waals surface area contributed by atoms with Crippen LogP contribution in [-0.4, -0.2) is 6.61 Å². The molecule has 86 valence electrons. The molecule has 0 amide bonds. The number of ether oxygens (including phenoxy) is 1. The van der Waals surface area contributed by atoms with Crippen LogP contribution in [0.1, 0.15) is 31.4 Å². The molecule has 1 nitrogen and oxygen atoms in total. The number of aryl methyl sites for hydroxylation is 1. The summed E-state index contributed by atoms with van der Waals surface area (Å²) in [6.45, 7) is 4.04. The van der Waals surface area contributed by atoms with E-state index < -0.39 is 11.6 Å². The highest BCUT2D eigenvalue weighted by atomic mass is 19.2. The summed E-state index contributed by atoms with van der Waals surface area (Å²) in [7, 11) is 0. The first-order chi connectivity index (χ1) is 7.65. The number of hydrogen-bond donors (Lipinski definition) is 0. The predicted octanol–water partition coefficient (Wildman–Crippen LogP) is 3.71. The van der Waals surface area contributed by atoms with E-state index in [1.165, 1.54) is 0 Å². The predicted molar refractivity (Wildman–Crippen MR) is 59.5 cm³/mol. The van der Waals surface area contributed by atoms with Crippen LogP contribution in [0.5, 0.6) is 5.75 Å². The molecule has 0 radical (unpaired) electrons. The number of halogens is 2. The lowest BCUT2D eigenvalue weighted by molar-refractivity contribution is 0.268. The maximum Gasteiger partial charge on any atom is 0.201 e. The van der Waals surface area contributed by atoms with E-state index in [4.69, 9.17) is 4.74 Å². The lowest BCUT2D eigenvalue weighted by Crippen LogP contribution is -2.12. The van der Waals surface area contributed by atoms with Gasteiger partial charge in [-0.25, -0.2) is 4.39 Å². The molecule has 1 aromatic rings. The zero-order valence-corrected chi connectivity index (χ0v) is 9.44. The quantitative estimate of drug-likeness (QED) is 0.706. The van der Waals surface area contributed by atoms with Gasteiger partial charge in [-0.15, -0.1) is 0 Å². The van der Waals surface area contributed by atoms with Crippen LogP contribution in [0.2, 0.25) is 0 Å². The summed E-state index contributed by atoms with van der Waals surface area (Å²) in [5.41, 5.74) is 1.84. The highest BCUT2D eigenvalue weighted by Gasteiger charge is 2.22. The van der Waals surface area contributed by atoms with Crippen LogP contribution in [-0.2, 0) is 6.42 Å². The molecule has 0 bridgehead atoms. The van der Waals surface area contributed by atoms with Crippen LogP contribution < -0.4 is 4.74 Å². The first kappa shape index (κ1) is 11.1. The zero-order chi connectivity index (χ0) is 11.7. The highest BCUT2D eigenvalue weighted by molar-refractivity contribution is 5.66. The van der Waals surface area contributed by atoms with Crippen molar-refractivity contribution in [2.45, 2.75) is 26.7 Å². The minimum atomic E-state index is -0.853. The third kappa shape index (κ3) is 1.70. The van der Waals surface area contributed by atoms with Gasteiger partial charge >= 0.3 is 0 Å². The van der Waals surface area contributed by atoms with Gasteiger partial charge in [-0.05, 0) is 43.9 Å². The molecule has 0 unspecified atom stereocenters. The minimum absolute atomic E-state index is 0.0939. The maximum atomic E-state index is 13.7. The summed E-state index contributed by atoms with van der Waals surface area (Å²) in [5.74, 6) is -1.57. The number of rotatable bonds is 1. The summed E-state index contributed by atoms with van der Waals surface area (Å²) in [6.07, 6.45) is 3.37. The van der Waals surface area contributed by atoms with E-state index in [-0.39, 0.29) is 5.75 Å². The van der Waals surface area contributed by atoms with E-state index in [0.29, 0.717) is 12.2 Å². The summed E-state index contributed by atoms with van der Waals surface area (Å²) in [5, 5.41) is 0. The van der Waals surface area contributed by atoms with E-state index in [0.717, 1.165) is 24.0 Å². The van der Waals surface area contributed by atoms with Crippen molar-refractivity contribution in [3.8, 4) is 5.75 Å². The average Bonchev–Trinajstić information content (AvgIpc) is 2.33. The third-order valence-corrected chi connectivity index (χ3v) is 2.93. The number of fused-ring (bicyclic) bond motifs is 1. The zero-order valence-electron chi connectivity index (χ0n) is 9.44. The highest BCUT2D eigenvalue weighted by Crippen LogP contribution is 2.34. The molecule has 1 aliphatic heterocycles. The molecule has 3 heteroatoms. The largest absolute Gasteiger partial charge is 0.490 e. The normalized spacial score (nSPS) is 15.6. The second-order valence-corrected chi connectivity index (χ2v) is 3.96. The summed E-state index contributed by atoms with van der Waals surface area (Å²) in [6, 6.07) is 1.70. The van der Waals surface area contributed by atoms with Crippen LogP contribution in [0.4, 0.5) is 8.78 Å². The molecule has 0 spiro atoms. The number of hydrogen-bond acceptors (Lipinski definition) is 1. The lowest BCUT2D eigenvalue weighted by atomic mass is 9.98. The fourth-order valence-corrected chi connectivity index (χ4v) is 1.88. The van der Waals surface area contributed by atoms with Gasteiger partial charge in [0.15, 0.2) is 11.6 Å². The molecule has 16 heavy (non-hydrogen) atoms. The molecule has 0 N–H and O–H groups in total. The molecular weight excluding hydrogens is 210 g/mol. The second-order valence-electron chi connectivity index (χ2n) is 3.96. The van der Waals surface area contributed by atoms with Crippen LogP contribution in [0.3, 0.4) is 0 Å². The van der Waals surface area contributed by atoms with Crippen molar-refractivity contribution in [1.29, 1.82) is 0 Å².